The van der Waals surface area contributed by atoms with E-state index in [2.05, 4.69) is 5.16 Å². The van der Waals surface area contributed by atoms with E-state index in [0.29, 0.717) is 27.9 Å². The summed E-state index contributed by atoms with van der Waals surface area (Å²) in [4.78, 5) is 25.9. The van der Waals surface area contributed by atoms with Gasteiger partial charge in [0.1, 0.15) is 0 Å². The minimum absolute atomic E-state index is 0.187. The highest BCUT2D eigenvalue weighted by atomic mass is 16.5. The fraction of sp³-hybridized carbons (Fsp3) is 0.0625. The molecular formula is C16H11N3O3. The van der Waals surface area contributed by atoms with Gasteiger partial charge in [0.2, 0.25) is 0 Å². The van der Waals surface area contributed by atoms with Crippen LogP contribution in [0.3, 0.4) is 0 Å². The molecule has 1 aliphatic heterocycles. The number of aromatic nitrogens is 1. The topological polar surface area (TPSA) is 89.4 Å². The van der Waals surface area contributed by atoms with Gasteiger partial charge in [-0.15, -0.1) is 0 Å². The normalized spacial score (nSPS) is 13.9. The number of fused-ring (bicyclic) bond motifs is 2. The maximum absolute atomic E-state index is 12.3. The molecular weight excluding hydrogens is 282 g/mol. The van der Waals surface area contributed by atoms with E-state index in [1.54, 1.807) is 42.5 Å². The molecule has 0 saturated carbocycles. The Hall–Kier alpha value is -3.15. The quantitative estimate of drug-likeness (QED) is 0.732. The van der Waals surface area contributed by atoms with Crippen LogP contribution in [-0.4, -0.2) is 21.9 Å². The second kappa shape index (κ2) is 4.42. The van der Waals surface area contributed by atoms with E-state index in [9.17, 15) is 9.59 Å². The van der Waals surface area contributed by atoms with Gasteiger partial charge >= 0.3 is 0 Å². The fourth-order valence-corrected chi connectivity index (χ4v) is 2.67. The van der Waals surface area contributed by atoms with Gasteiger partial charge < -0.3 is 10.3 Å². The van der Waals surface area contributed by atoms with Crippen molar-refractivity contribution in [3.63, 3.8) is 0 Å². The number of nitrogens with zero attached hydrogens (tertiary/aromatic N) is 2. The molecule has 6 nitrogen and oxygen atoms in total. The minimum atomic E-state index is -0.279. The summed E-state index contributed by atoms with van der Waals surface area (Å²) in [5.74, 6) is -0.266. The Morgan fingerprint density at radius 3 is 2.41 bits per heavy atom. The van der Waals surface area contributed by atoms with Crippen molar-refractivity contribution in [2.45, 2.75) is 6.54 Å². The molecule has 2 aromatic carbocycles. The summed E-state index contributed by atoms with van der Waals surface area (Å²) in [7, 11) is 0. The number of imide groups is 1. The van der Waals surface area contributed by atoms with Crippen LogP contribution in [0.4, 0.5) is 5.82 Å². The van der Waals surface area contributed by atoms with Crippen LogP contribution in [0.25, 0.3) is 11.0 Å². The maximum atomic E-state index is 12.3. The SMILES string of the molecule is Nc1noc2ccc(CN3C(=O)c4ccccc4C3=O)cc12. The summed E-state index contributed by atoms with van der Waals surface area (Å²) in [5.41, 5.74) is 7.97. The number of carbonyl (C=O) groups excluding carboxylic acids is 2. The Morgan fingerprint density at radius 2 is 1.73 bits per heavy atom. The summed E-state index contributed by atoms with van der Waals surface area (Å²) in [6, 6.07) is 12.1. The zero-order valence-electron chi connectivity index (χ0n) is 11.4. The number of nitrogen functional groups attached to an aromatic ring is 1. The molecule has 6 heteroatoms. The molecule has 1 aromatic heterocycles. The van der Waals surface area contributed by atoms with Crippen molar-refractivity contribution in [3.8, 4) is 0 Å². The van der Waals surface area contributed by atoms with Gasteiger partial charge in [0, 0.05) is 0 Å². The van der Waals surface area contributed by atoms with Crippen molar-refractivity contribution in [2.24, 2.45) is 0 Å². The summed E-state index contributed by atoms with van der Waals surface area (Å²) >= 11 is 0. The van der Waals surface area contributed by atoms with Crippen molar-refractivity contribution in [2.75, 3.05) is 5.73 Å². The van der Waals surface area contributed by atoms with E-state index in [4.69, 9.17) is 10.3 Å². The summed E-state index contributed by atoms with van der Waals surface area (Å²) in [6.07, 6.45) is 0. The predicted molar refractivity (Wildman–Crippen MR) is 79.1 cm³/mol. The molecule has 0 unspecified atom stereocenters. The molecule has 0 aliphatic carbocycles. The third kappa shape index (κ3) is 1.70. The largest absolute Gasteiger partial charge is 0.380 e. The molecule has 0 bridgehead atoms. The lowest BCUT2D eigenvalue weighted by atomic mass is 10.1. The van der Waals surface area contributed by atoms with Gasteiger partial charge in [-0.3, -0.25) is 14.5 Å². The second-order valence-electron chi connectivity index (χ2n) is 5.14. The van der Waals surface area contributed by atoms with E-state index in [1.165, 1.54) is 4.90 Å². The highest BCUT2D eigenvalue weighted by Gasteiger charge is 2.34. The van der Waals surface area contributed by atoms with Crippen LogP contribution in [0.5, 0.6) is 0 Å². The van der Waals surface area contributed by atoms with Crippen LogP contribution >= 0.6 is 0 Å². The lowest BCUT2D eigenvalue weighted by Gasteiger charge is -2.13. The smallest absolute Gasteiger partial charge is 0.261 e. The fourth-order valence-electron chi connectivity index (χ4n) is 2.67. The third-order valence-electron chi connectivity index (χ3n) is 3.78. The van der Waals surface area contributed by atoms with Crippen LogP contribution in [0.15, 0.2) is 47.0 Å². The number of benzene rings is 2. The molecule has 0 radical (unpaired) electrons. The number of anilines is 1. The Kier molecular flexibility index (Phi) is 2.53. The molecule has 2 heterocycles. The maximum Gasteiger partial charge on any atom is 0.261 e. The minimum Gasteiger partial charge on any atom is -0.380 e. The number of carbonyl (C=O) groups is 2. The molecule has 0 saturated heterocycles. The molecule has 1 aliphatic rings. The molecule has 0 spiro atoms. The lowest BCUT2D eigenvalue weighted by Crippen LogP contribution is -2.29. The van der Waals surface area contributed by atoms with Gasteiger partial charge in [-0.1, -0.05) is 23.4 Å². The molecule has 2 N–H and O–H groups in total. The predicted octanol–water partition coefficient (Wildman–Crippen LogP) is 2.21. The monoisotopic (exact) mass is 293 g/mol. The molecule has 4 rings (SSSR count). The third-order valence-corrected chi connectivity index (χ3v) is 3.78. The van der Waals surface area contributed by atoms with Gasteiger partial charge in [-0.2, -0.15) is 0 Å². The van der Waals surface area contributed by atoms with Crippen LogP contribution in [0, 0.1) is 0 Å². The summed E-state index contributed by atoms with van der Waals surface area (Å²) in [6.45, 7) is 0.187. The highest BCUT2D eigenvalue weighted by Crippen LogP contribution is 2.26. The molecule has 108 valence electrons. The van der Waals surface area contributed by atoms with Gasteiger partial charge in [0.05, 0.1) is 23.1 Å². The van der Waals surface area contributed by atoms with Crippen LogP contribution < -0.4 is 5.73 Å². The van der Waals surface area contributed by atoms with Crippen molar-refractivity contribution in [3.05, 3.63) is 59.2 Å². The van der Waals surface area contributed by atoms with Crippen molar-refractivity contribution in [1.82, 2.24) is 10.1 Å². The summed E-state index contributed by atoms with van der Waals surface area (Å²) in [5, 5.41) is 4.36. The first kappa shape index (κ1) is 12.6. The van der Waals surface area contributed by atoms with Gasteiger partial charge in [0.15, 0.2) is 11.4 Å². The molecule has 3 aromatic rings. The second-order valence-corrected chi connectivity index (χ2v) is 5.14. The van der Waals surface area contributed by atoms with Gasteiger partial charge in [0.25, 0.3) is 11.8 Å². The van der Waals surface area contributed by atoms with Crippen molar-refractivity contribution >= 4 is 28.6 Å². The van der Waals surface area contributed by atoms with Gasteiger partial charge in [-0.05, 0) is 29.8 Å². The van der Waals surface area contributed by atoms with E-state index < -0.39 is 0 Å². The number of amides is 2. The number of nitrogens with two attached hydrogens (primary N) is 1. The molecule has 0 atom stereocenters. The molecule has 0 fully saturated rings. The van der Waals surface area contributed by atoms with E-state index in [1.807, 2.05) is 0 Å². The average molecular weight is 293 g/mol. The van der Waals surface area contributed by atoms with Crippen molar-refractivity contribution < 1.29 is 14.1 Å². The van der Waals surface area contributed by atoms with E-state index in [-0.39, 0.29) is 18.4 Å². The van der Waals surface area contributed by atoms with Crippen LogP contribution in [-0.2, 0) is 6.54 Å². The van der Waals surface area contributed by atoms with Crippen molar-refractivity contribution in [1.29, 1.82) is 0 Å². The number of hydrogen-bond donors (Lipinski definition) is 1. The highest BCUT2D eigenvalue weighted by molar-refractivity contribution is 6.21. The van der Waals surface area contributed by atoms with Crippen LogP contribution in [0.1, 0.15) is 26.3 Å². The average Bonchev–Trinajstić information content (AvgIpc) is 3.02. The molecule has 22 heavy (non-hydrogen) atoms. The standard InChI is InChI=1S/C16H11N3O3/c17-14-12-7-9(5-6-13(12)22-18-14)8-19-15(20)10-3-1-2-4-11(10)16(19)21/h1-7H,8H2,(H2,17,18). The van der Waals surface area contributed by atoms with Crippen LogP contribution in [0.2, 0.25) is 0 Å². The molecule has 2 amide bonds. The number of rotatable bonds is 2. The van der Waals surface area contributed by atoms with E-state index in [0.717, 1.165) is 5.56 Å². The Morgan fingerprint density at radius 1 is 1.05 bits per heavy atom. The zero-order valence-corrected chi connectivity index (χ0v) is 11.4. The van der Waals surface area contributed by atoms with E-state index >= 15 is 0 Å². The first-order valence-corrected chi connectivity index (χ1v) is 6.74. The zero-order chi connectivity index (χ0) is 15.3. The Labute approximate surface area is 125 Å². The lowest BCUT2D eigenvalue weighted by molar-refractivity contribution is 0.0642. The Balaban J connectivity index is 1.70. The number of hydrogen-bond acceptors (Lipinski definition) is 5. The van der Waals surface area contributed by atoms with Gasteiger partial charge in [-0.25, -0.2) is 0 Å². The first-order valence-electron chi connectivity index (χ1n) is 6.74. The Bertz CT molecular complexity index is 894. The summed E-state index contributed by atoms with van der Waals surface area (Å²) < 4.78 is 5.04. The first-order chi connectivity index (χ1) is 10.6.